The van der Waals surface area contributed by atoms with Crippen molar-refractivity contribution in [3.63, 3.8) is 0 Å². The lowest BCUT2D eigenvalue weighted by atomic mass is 9.78. The predicted molar refractivity (Wildman–Crippen MR) is 69.0 cm³/mol. The van der Waals surface area contributed by atoms with E-state index in [0.29, 0.717) is 26.1 Å². The minimum atomic E-state index is -0.995. The number of hydrogen-bond acceptors (Lipinski definition) is 5. The van der Waals surface area contributed by atoms with Gasteiger partial charge in [-0.3, -0.25) is 19.7 Å². The first-order chi connectivity index (χ1) is 8.95. The Hall–Kier alpha value is -1.54. The number of nitrogens with one attached hydrogen (secondary N) is 1. The summed E-state index contributed by atoms with van der Waals surface area (Å²) in [7, 11) is 0. The Morgan fingerprint density at radius 1 is 1.26 bits per heavy atom. The van der Waals surface area contributed by atoms with E-state index in [1.807, 2.05) is 0 Å². The van der Waals surface area contributed by atoms with Crippen LogP contribution in [0.25, 0.3) is 0 Å². The molecule has 0 bridgehead atoms. The summed E-state index contributed by atoms with van der Waals surface area (Å²) in [5.41, 5.74) is 4.73. The van der Waals surface area contributed by atoms with E-state index in [-0.39, 0.29) is 24.0 Å². The molecule has 2 fully saturated rings. The van der Waals surface area contributed by atoms with Gasteiger partial charge in [0.05, 0.1) is 4.99 Å². The van der Waals surface area contributed by atoms with Crippen molar-refractivity contribution in [3.8, 4) is 0 Å². The molecule has 2 saturated heterocycles. The molecule has 19 heavy (non-hydrogen) atoms. The fraction of sp³-hybridized carbons (Fsp3) is 0.636. The molecule has 3 amide bonds. The zero-order valence-corrected chi connectivity index (χ0v) is 11.1. The van der Waals surface area contributed by atoms with Crippen LogP contribution in [-0.4, -0.2) is 53.9 Å². The Kier molecular flexibility index (Phi) is 3.81. The van der Waals surface area contributed by atoms with E-state index >= 15 is 0 Å². The van der Waals surface area contributed by atoms with Crippen molar-refractivity contribution in [2.24, 2.45) is 11.1 Å². The molecule has 2 aliphatic rings. The molecule has 0 saturated carbocycles. The molecule has 0 unspecified atom stereocenters. The van der Waals surface area contributed by atoms with Crippen LogP contribution in [0.15, 0.2) is 0 Å². The fourth-order valence-electron chi connectivity index (χ4n) is 2.37. The van der Waals surface area contributed by atoms with Crippen molar-refractivity contribution in [2.75, 3.05) is 26.3 Å². The van der Waals surface area contributed by atoms with Crippen molar-refractivity contribution < 1.29 is 19.1 Å². The Bertz CT molecular complexity index is 429. The molecule has 0 atom stereocenters. The second-order valence-electron chi connectivity index (χ2n) is 4.69. The summed E-state index contributed by atoms with van der Waals surface area (Å²) in [6, 6.07) is 0. The van der Waals surface area contributed by atoms with Crippen LogP contribution in [0.2, 0.25) is 0 Å². The van der Waals surface area contributed by atoms with Gasteiger partial charge >= 0.3 is 0 Å². The van der Waals surface area contributed by atoms with E-state index in [1.54, 1.807) is 0 Å². The van der Waals surface area contributed by atoms with Gasteiger partial charge in [0.25, 0.3) is 0 Å². The van der Waals surface area contributed by atoms with Gasteiger partial charge < -0.3 is 15.4 Å². The molecular formula is C11H15N3O4S. The maximum atomic E-state index is 12.6. The highest BCUT2D eigenvalue weighted by Gasteiger charge is 2.46. The first-order valence-corrected chi connectivity index (χ1v) is 6.36. The van der Waals surface area contributed by atoms with E-state index in [0.717, 1.165) is 0 Å². The molecule has 104 valence electrons. The van der Waals surface area contributed by atoms with E-state index in [4.69, 9.17) is 22.7 Å². The third kappa shape index (κ3) is 2.59. The minimum absolute atomic E-state index is 0.0965. The number of rotatable bonds is 2. The third-order valence-electron chi connectivity index (χ3n) is 3.46. The lowest BCUT2D eigenvalue weighted by molar-refractivity contribution is -0.151. The van der Waals surface area contributed by atoms with Gasteiger partial charge in [0.1, 0.15) is 18.5 Å². The Labute approximate surface area is 115 Å². The van der Waals surface area contributed by atoms with Crippen molar-refractivity contribution >= 4 is 34.9 Å². The molecule has 0 aliphatic carbocycles. The van der Waals surface area contributed by atoms with Gasteiger partial charge in [-0.1, -0.05) is 12.2 Å². The number of thiocarbonyl (C=S) groups is 1. The number of amides is 3. The monoisotopic (exact) mass is 285 g/mol. The highest BCUT2D eigenvalue weighted by atomic mass is 32.1. The average Bonchev–Trinajstić information content (AvgIpc) is 2.37. The topological polar surface area (TPSA) is 102 Å². The van der Waals surface area contributed by atoms with E-state index in [9.17, 15) is 14.4 Å². The van der Waals surface area contributed by atoms with E-state index in [2.05, 4.69) is 5.32 Å². The molecule has 8 heteroatoms. The minimum Gasteiger partial charge on any atom is -0.392 e. The zero-order chi connectivity index (χ0) is 14.0. The molecular weight excluding hydrogens is 270 g/mol. The zero-order valence-electron chi connectivity index (χ0n) is 10.3. The number of carbonyl (C=O) groups excluding carboxylic acids is 3. The average molecular weight is 285 g/mol. The summed E-state index contributed by atoms with van der Waals surface area (Å²) in [5.74, 6) is -1.34. The van der Waals surface area contributed by atoms with Gasteiger partial charge in [-0.05, 0) is 12.8 Å². The number of hydrogen-bond donors (Lipinski definition) is 2. The maximum Gasteiger partial charge on any atom is 0.246 e. The van der Waals surface area contributed by atoms with Crippen LogP contribution < -0.4 is 11.1 Å². The number of ether oxygens (including phenoxy) is 1. The van der Waals surface area contributed by atoms with Crippen LogP contribution in [0.4, 0.5) is 0 Å². The van der Waals surface area contributed by atoms with Crippen LogP contribution in [0.1, 0.15) is 12.8 Å². The summed E-state index contributed by atoms with van der Waals surface area (Å²) in [4.78, 5) is 36.6. The van der Waals surface area contributed by atoms with E-state index in [1.165, 1.54) is 4.90 Å². The van der Waals surface area contributed by atoms with Crippen LogP contribution in [0.5, 0.6) is 0 Å². The number of nitrogens with zero attached hydrogens (tertiary/aromatic N) is 1. The van der Waals surface area contributed by atoms with Crippen LogP contribution in [0, 0.1) is 5.41 Å². The second kappa shape index (κ2) is 5.22. The first-order valence-electron chi connectivity index (χ1n) is 5.95. The summed E-state index contributed by atoms with van der Waals surface area (Å²) in [5, 5.41) is 2.15. The number of carbonyl (C=O) groups is 3. The largest absolute Gasteiger partial charge is 0.392 e. The SMILES string of the molecule is NC(=S)C1(C(=O)N2CC(=O)NC(=O)C2)CCOCC1. The lowest BCUT2D eigenvalue weighted by Crippen LogP contribution is -2.60. The Balaban J connectivity index is 2.22. The molecule has 0 spiro atoms. The molecule has 3 N–H and O–H groups in total. The predicted octanol–water partition coefficient (Wildman–Crippen LogP) is -1.45. The quantitative estimate of drug-likeness (QED) is 0.476. The van der Waals surface area contributed by atoms with Gasteiger partial charge in [-0.2, -0.15) is 0 Å². The third-order valence-corrected chi connectivity index (χ3v) is 3.85. The first kappa shape index (κ1) is 13.9. The van der Waals surface area contributed by atoms with Gasteiger partial charge in [-0.15, -0.1) is 0 Å². The van der Waals surface area contributed by atoms with Gasteiger partial charge in [0.15, 0.2) is 0 Å². The number of nitrogens with two attached hydrogens (primary N) is 1. The Morgan fingerprint density at radius 3 is 2.26 bits per heavy atom. The summed E-state index contributed by atoms with van der Waals surface area (Å²) < 4.78 is 5.22. The summed E-state index contributed by atoms with van der Waals surface area (Å²) in [6.07, 6.45) is 0.765. The summed E-state index contributed by atoms with van der Waals surface area (Å²) >= 11 is 5.02. The molecule has 0 aromatic carbocycles. The molecule has 0 aromatic heterocycles. The number of piperazine rings is 1. The highest BCUT2D eigenvalue weighted by molar-refractivity contribution is 7.80. The van der Waals surface area contributed by atoms with E-state index < -0.39 is 17.2 Å². The van der Waals surface area contributed by atoms with Crippen molar-refractivity contribution in [2.45, 2.75) is 12.8 Å². The van der Waals surface area contributed by atoms with Gasteiger partial charge in [0.2, 0.25) is 17.7 Å². The van der Waals surface area contributed by atoms with Crippen LogP contribution in [-0.2, 0) is 19.1 Å². The molecule has 2 aliphatic heterocycles. The molecule has 2 rings (SSSR count). The van der Waals surface area contributed by atoms with Crippen molar-refractivity contribution in [1.29, 1.82) is 0 Å². The normalized spacial score (nSPS) is 22.8. The second-order valence-corrected chi connectivity index (χ2v) is 5.13. The van der Waals surface area contributed by atoms with Crippen LogP contribution in [0.3, 0.4) is 0 Å². The smallest absolute Gasteiger partial charge is 0.246 e. The molecule has 0 aromatic rings. The highest BCUT2D eigenvalue weighted by Crippen LogP contribution is 2.33. The molecule has 0 radical (unpaired) electrons. The summed E-state index contributed by atoms with van der Waals surface area (Å²) in [6.45, 7) is 0.486. The fourth-order valence-corrected chi connectivity index (χ4v) is 2.66. The van der Waals surface area contributed by atoms with Gasteiger partial charge in [0, 0.05) is 13.2 Å². The van der Waals surface area contributed by atoms with Gasteiger partial charge in [-0.25, -0.2) is 0 Å². The van der Waals surface area contributed by atoms with Crippen LogP contribution >= 0.6 is 12.2 Å². The van der Waals surface area contributed by atoms with Crippen molar-refractivity contribution in [1.82, 2.24) is 10.2 Å². The number of imide groups is 1. The molecule has 7 nitrogen and oxygen atoms in total. The maximum absolute atomic E-state index is 12.6. The Morgan fingerprint density at radius 2 is 1.79 bits per heavy atom. The standard InChI is InChI=1S/C11H15N3O4S/c12-9(19)11(1-3-18-4-2-11)10(17)14-5-7(15)13-8(16)6-14/h1-6H2,(H2,12,19)(H,13,15,16). The van der Waals surface area contributed by atoms with Crippen molar-refractivity contribution in [3.05, 3.63) is 0 Å². The lowest BCUT2D eigenvalue weighted by Gasteiger charge is -2.39. The molecule has 2 heterocycles.